The first kappa shape index (κ1) is 33.0. The summed E-state index contributed by atoms with van der Waals surface area (Å²) in [7, 11) is -4.10. The fourth-order valence-corrected chi connectivity index (χ4v) is 6.15. The lowest BCUT2D eigenvalue weighted by molar-refractivity contribution is 0.284. The summed E-state index contributed by atoms with van der Waals surface area (Å²) in [5, 5.41) is -1.09. The SMILES string of the molecule is CCCCCCCCCc1ccc(C(c2ccc(CCCCCCCCC)cc2)C(C)(C)[P+](O)(O)O)cc1. The minimum Gasteiger partial charge on any atom is -0.192 e. The van der Waals surface area contributed by atoms with Crippen molar-refractivity contribution in [3.05, 3.63) is 70.8 Å². The van der Waals surface area contributed by atoms with E-state index in [2.05, 4.69) is 62.4 Å². The van der Waals surface area contributed by atoms with Gasteiger partial charge in [-0.1, -0.05) is 139 Å². The Morgan fingerprint density at radius 3 is 1.16 bits per heavy atom. The van der Waals surface area contributed by atoms with Crippen molar-refractivity contribution in [2.24, 2.45) is 0 Å². The number of unbranched alkanes of at least 4 members (excludes halogenated alkanes) is 12. The van der Waals surface area contributed by atoms with Crippen LogP contribution in [0.5, 0.6) is 0 Å². The van der Waals surface area contributed by atoms with E-state index in [9.17, 15) is 14.7 Å². The molecule has 0 saturated heterocycles. The molecule has 2 aromatic rings. The van der Waals surface area contributed by atoms with Gasteiger partial charge in [-0.05, 0) is 61.8 Å². The third kappa shape index (κ3) is 11.1. The molecule has 3 N–H and O–H groups in total. The van der Waals surface area contributed by atoms with Crippen LogP contribution in [-0.2, 0) is 12.8 Å². The van der Waals surface area contributed by atoms with E-state index >= 15 is 0 Å². The van der Waals surface area contributed by atoms with Crippen molar-refractivity contribution in [3.63, 3.8) is 0 Å². The predicted octanol–water partition coefficient (Wildman–Crippen LogP) is 9.92. The van der Waals surface area contributed by atoms with Crippen LogP contribution in [0.25, 0.3) is 0 Å². The van der Waals surface area contributed by atoms with Gasteiger partial charge in [0.2, 0.25) is 0 Å². The molecule has 2 rings (SSSR count). The zero-order valence-electron chi connectivity index (χ0n) is 24.8. The van der Waals surface area contributed by atoms with Gasteiger partial charge in [-0.2, -0.15) is 14.7 Å². The lowest BCUT2D eigenvalue weighted by Crippen LogP contribution is -2.33. The molecule has 0 fully saturated rings. The van der Waals surface area contributed by atoms with Gasteiger partial charge in [0.25, 0.3) is 0 Å². The predicted molar refractivity (Wildman–Crippen MR) is 166 cm³/mol. The zero-order valence-corrected chi connectivity index (χ0v) is 25.7. The van der Waals surface area contributed by atoms with Crippen molar-refractivity contribution >= 4 is 7.94 Å². The molecule has 0 aliphatic carbocycles. The van der Waals surface area contributed by atoms with Gasteiger partial charge in [0.05, 0.1) is 5.92 Å². The van der Waals surface area contributed by atoms with Gasteiger partial charge in [-0.25, -0.2) is 0 Å². The van der Waals surface area contributed by atoms with Crippen LogP contribution in [0.3, 0.4) is 0 Å². The third-order valence-electron chi connectivity index (χ3n) is 8.24. The molecular formula is C34H56O3P+. The molecule has 0 spiro atoms. The molecule has 0 aliphatic heterocycles. The van der Waals surface area contributed by atoms with E-state index in [4.69, 9.17) is 0 Å². The van der Waals surface area contributed by atoms with Crippen LogP contribution in [0.2, 0.25) is 0 Å². The third-order valence-corrected chi connectivity index (χ3v) is 10.0. The van der Waals surface area contributed by atoms with E-state index < -0.39 is 13.1 Å². The largest absolute Gasteiger partial charge is 0.410 e. The molecule has 0 aromatic heterocycles. The highest BCUT2D eigenvalue weighted by Crippen LogP contribution is 2.64. The topological polar surface area (TPSA) is 60.7 Å². The van der Waals surface area contributed by atoms with Crippen LogP contribution in [0.1, 0.15) is 146 Å². The van der Waals surface area contributed by atoms with Gasteiger partial charge < -0.3 is 0 Å². The summed E-state index contributed by atoms with van der Waals surface area (Å²) in [6, 6.07) is 17.2. The molecular weight excluding hydrogens is 487 g/mol. The number of rotatable bonds is 20. The van der Waals surface area contributed by atoms with Gasteiger partial charge in [0.15, 0.2) is 5.16 Å². The maximum absolute atomic E-state index is 10.4. The Bertz CT molecular complexity index is 807. The fourth-order valence-electron chi connectivity index (χ4n) is 5.51. The van der Waals surface area contributed by atoms with Gasteiger partial charge in [-0.15, -0.1) is 0 Å². The molecule has 0 amide bonds. The summed E-state index contributed by atoms with van der Waals surface area (Å²) in [5.74, 6) is -0.309. The van der Waals surface area contributed by atoms with E-state index in [1.54, 1.807) is 13.8 Å². The first-order valence-corrected chi connectivity index (χ1v) is 17.1. The van der Waals surface area contributed by atoms with Crippen molar-refractivity contribution in [3.8, 4) is 0 Å². The molecule has 38 heavy (non-hydrogen) atoms. The molecule has 2 aromatic carbocycles. The number of aryl methyl sites for hydroxylation is 2. The van der Waals surface area contributed by atoms with Crippen molar-refractivity contribution in [1.82, 2.24) is 0 Å². The minimum atomic E-state index is -4.10. The van der Waals surface area contributed by atoms with Crippen molar-refractivity contribution in [1.29, 1.82) is 0 Å². The van der Waals surface area contributed by atoms with Crippen LogP contribution >= 0.6 is 7.94 Å². The van der Waals surface area contributed by atoms with E-state index in [1.165, 1.54) is 101 Å². The van der Waals surface area contributed by atoms with Gasteiger partial charge in [0.1, 0.15) is 0 Å². The first-order valence-electron chi connectivity index (χ1n) is 15.5. The first-order chi connectivity index (χ1) is 18.2. The standard InChI is InChI=1S/C34H56O3P/c1-5-7-9-11-13-15-17-19-29-21-25-31(26-22-29)33(34(3,4)38(35,36)37)32-27-23-30(24-28-32)20-18-16-14-12-10-8-6-2/h21-28,33,35-37H,5-20H2,1-4H3/q+1. The summed E-state index contributed by atoms with van der Waals surface area (Å²) in [4.78, 5) is 31.2. The normalized spacial score (nSPS) is 12.4. The Morgan fingerprint density at radius 1 is 0.526 bits per heavy atom. The Morgan fingerprint density at radius 2 is 0.842 bits per heavy atom. The molecule has 0 heterocycles. The molecule has 214 valence electrons. The molecule has 0 saturated carbocycles. The van der Waals surface area contributed by atoms with E-state index in [0.29, 0.717) is 0 Å². The van der Waals surface area contributed by atoms with Gasteiger partial charge in [0, 0.05) is 0 Å². The van der Waals surface area contributed by atoms with Crippen LogP contribution in [-0.4, -0.2) is 19.8 Å². The average Bonchev–Trinajstić information content (AvgIpc) is 2.89. The Labute approximate surface area is 234 Å². The Hall–Kier alpha value is -1.25. The van der Waals surface area contributed by atoms with Crippen LogP contribution in [0, 0.1) is 0 Å². The summed E-state index contributed by atoms with van der Waals surface area (Å²) < 4.78 is 0. The number of hydrogen-bond acceptors (Lipinski definition) is 3. The summed E-state index contributed by atoms with van der Waals surface area (Å²) >= 11 is 0. The molecule has 0 radical (unpaired) electrons. The molecule has 0 unspecified atom stereocenters. The molecule has 0 bridgehead atoms. The maximum atomic E-state index is 10.4. The zero-order chi connectivity index (χ0) is 27.9. The molecule has 3 nitrogen and oxygen atoms in total. The highest BCUT2D eigenvalue weighted by Gasteiger charge is 2.56. The maximum Gasteiger partial charge on any atom is 0.410 e. The summed E-state index contributed by atoms with van der Waals surface area (Å²) in [5.41, 5.74) is 4.67. The van der Waals surface area contributed by atoms with Crippen LogP contribution < -0.4 is 0 Å². The average molecular weight is 544 g/mol. The molecule has 0 atom stereocenters. The van der Waals surface area contributed by atoms with E-state index in [-0.39, 0.29) is 5.92 Å². The van der Waals surface area contributed by atoms with E-state index in [0.717, 1.165) is 24.0 Å². The highest BCUT2D eigenvalue weighted by atomic mass is 31.2. The van der Waals surface area contributed by atoms with Crippen LogP contribution in [0.4, 0.5) is 0 Å². The number of hydrogen-bond donors (Lipinski definition) is 3. The monoisotopic (exact) mass is 543 g/mol. The van der Waals surface area contributed by atoms with Gasteiger partial charge >= 0.3 is 7.94 Å². The summed E-state index contributed by atoms with van der Waals surface area (Å²) in [6.45, 7) is 8.05. The Balaban J connectivity index is 2.03. The molecule has 4 heteroatoms. The highest BCUT2D eigenvalue weighted by molar-refractivity contribution is 7.60. The van der Waals surface area contributed by atoms with Crippen molar-refractivity contribution < 1.29 is 14.7 Å². The van der Waals surface area contributed by atoms with E-state index in [1.807, 2.05) is 0 Å². The van der Waals surface area contributed by atoms with Crippen molar-refractivity contribution in [2.45, 2.75) is 142 Å². The quantitative estimate of drug-likeness (QED) is 0.115. The minimum absolute atomic E-state index is 0.309. The number of benzene rings is 2. The second kappa shape index (κ2) is 17.4. The molecule has 0 aliphatic rings. The van der Waals surface area contributed by atoms with Crippen molar-refractivity contribution in [2.75, 3.05) is 0 Å². The Kier molecular flexibility index (Phi) is 15.1. The second-order valence-electron chi connectivity index (χ2n) is 11.9. The smallest absolute Gasteiger partial charge is 0.192 e. The second-order valence-corrected chi connectivity index (χ2v) is 14.2. The fraction of sp³-hybridized carbons (Fsp3) is 0.647. The van der Waals surface area contributed by atoms with Gasteiger partial charge in [-0.3, -0.25) is 0 Å². The van der Waals surface area contributed by atoms with Crippen LogP contribution in [0.15, 0.2) is 48.5 Å². The lowest BCUT2D eigenvalue weighted by Gasteiger charge is -2.33. The lowest BCUT2D eigenvalue weighted by atomic mass is 9.81. The summed E-state index contributed by atoms with van der Waals surface area (Å²) in [6.07, 6.45) is 20.4.